The average molecular weight is 263 g/mol. The number of aromatic nitrogens is 1. The lowest BCUT2D eigenvalue weighted by Crippen LogP contribution is -2.24. The number of hydrogen-bond acceptors (Lipinski definition) is 4. The summed E-state index contributed by atoms with van der Waals surface area (Å²) in [5.74, 6) is -0.473. The molecule has 19 heavy (non-hydrogen) atoms. The number of rotatable bonds is 5. The molecule has 0 aliphatic rings. The predicted molar refractivity (Wildman–Crippen MR) is 68.2 cm³/mol. The molecule has 0 atom stereocenters. The Hall–Kier alpha value is -2.37. The van der Waals surface area contributed by atoms with Crippen LogP contribution in [0.3, 0.4) is 0 Å². The maximum atomic E-state index is 14.0. The molecule has 0 bridgehead atoms. The first-order chi connectivity index (χ1) is 9.22. The maximum Gasteiger partial charge on any atom is 0.254 e. The Morgan fingerprint density at radius 1 is 1.47 bits per heavy atom. The van der Waals surface area contributed by atoms with Gasteiger partial charge in [0.05, 0.1) is 18.4 Å². The lowest BCUT2D eigenvalue weighted by atomic mass is 10.2. The predicted octanol–water partition coefficient (Wildman–Crippen LogP) is 2.18. The molecular weight excluding hydrogens is 249 g/mol. The molecule has 100 valence electrons. The molecule has 2 N–H and O–H groups in total. The Kier molecular flexibility index (Phi) is 4.12. The third kappa shape index (κ3) is 3.09. The van der Waals surface area contributed by atoms with E-state index >= 15 is 0 Å². The van der Waals surface area contributed by atoms with E-state index in [0.717, 1.165) is 0 Å². The lowest BCUT2D eigenvalue weighted by molar-refractivity contribution is 0.0944. The summed E-state index contributed by atoms with van der Waals surface area (Å²) in [4.78, 5) is 15.7. The second-order valence-corrected chi connectivity index (χ2v) is 3.81. The summed E-state index contributed by atoms with van der Waals surface area (Å²) in [5, 5.41) is 5.34. The number of pyridine rings is 1. The van der Waals surface area contributed by atoms with Crippen molar-refractivity contribution in [1.29, 1.82) is 0 Å². The number of halogens is 1. The zero-order chi connectivity index (χ0) is 13.7. The second kappa shape index (κ2) is 5.99. The second-order valence-electron chi connectivity index (χ2n) is 3.81. The van der Waals surface area contributed by atoms with Crippen LogP contribution in [0.5, 0.6) is 0 Å². The molecule has 5 nitrogen and oxygen atoms in total. The average Bonchev–Trinajstić information content (AvgIpc) is 2.92. The minimum absolute atomic E-state index is 0.0440. The van der Waals surface area contributed by atoms with Crippen LogP contribution in [-0.2, 0) is 6.54 Å². The highest BCUT2D eigenvalue weighted by atomic mass is 19.1. The van der Waals surface area contributed by atoms with Gasteiger partial charge in [0.15, 0.2) is 11.6 Å². The summed E-state index contributed by atoms with van der Waals surface area (Å²) in [6, 6.07) is 4.79. The van der Waals surface area contributed by atoms with E-state index < -0.39 is 11.7 Å². The molecular formula is C13H14FN3O2. The van der Waals surface area contributed by atoms with Crippen LogP contribution in [0.15, 0.2) is 35.1 Å². The van der Waals surface area contributed by atoms with Crippen molar-refractivity contribution in [2.75, 3.05) is 11.9 Å². The van der Waals surface area contributed by atoms with E-state index in [1.807, 2.05) is 6.92 Å². The largest absolute Gasteiger partial charge is 0.467 e. The van der Waals surface area contributed by atoms with E-state index in [2.05, 4.69) is 15.6 Å². The van der Waals surface area contributed by atoms with Crippen molar-refractivity contribution >= 4 is 11.7 Å². The fourth-order valence-corrected chi connectivity index (χ4v) is 1.59. The number of nitrogens with zero attached hydrogens (tertiary/aromatic N) is 1. The Balaban J connectivity index is 2.08. The number of amides is 1. The van der Waals surface area contributed by atoms with Gasteiger partial charge in [-0.15, -0.1) is 0 Å². The van der Waals surface area contributed by atoms with Crippen LogP contribution in [0, 0.1) is 5.82 Å². The molecule has 0 saturated heterocycles. The van der Waals surface area contributed by atoms with Crippen LogP contribution in [0.1, 0.15) is 23.0 Å². The monoisotopic (exact) mass is 263 g/mol. The van der Waals surface area contributed by atoms with Crippen molar-refractivity contribution in [1.82, 2.24) is 10.3 Å². The van der Waals surface area contributed by atoms with Crippen LogP contribution in [-0.4, -0.2) is 17.4 Å². The van der Waals surface area contributed by atoms with Gasteiger partial charge in [-0.05, 0) is 25.1 Å². The third-order valence-corrected chi connectivity index (χ3v) is 2.48. The number of hydrogen-bond donors (Lipinski definition) is 2. The van der Waals surface area contributed by atoms with Gasteiger partial charge in [-0.1, -0.05) is 0 Å². The summed E-state index contributed by atoms with van der Waals surface area (Å²) in [6.45, 7) is 2.57. The van der Waals surface area contributed by atoms with Gasteiger partial charge in [0.1, 0.15) is 5.76 Å². The van der Waals surface area contributed by atoms with Gasteiger partial charge in [0.2, 0.25) is 0 Å². The van der Waals surface area contributed by atoms with Crippen LogP contribution < -0.4 is 10.6 Å². The van der Waals surface area contributed by atoms with E-state index in [1.165, 1.54) is 18.5 Å². The number of furan rings is 1. The molecule has 0 aliphatic carbocycles. The molecule has 0 radical (unpaired) electrons. The van der Waals surface area contributed by atoms with Crippen molar-refractivity contribution in [3.05, 3.63) is 47.8 Å². The van der Waals surface area contributed by atoms with Gasteiger partial charge >= 0.3 is 0 Å². The molecule has 0 fully saturated rings. The first-order valence-electron chi connectivity index (χ1n) is 5.91. The zero-order valence-corrected chi connectivity index (χ0v) is 10.4. The minimum atomic E-state index is -0.652. The molecule has 2 aromatic rings. The minimum Gasteiger partial charge on any atom is -0.467 e. The fourth-order valence-electron chi connectivity index (χ4n) is 1.59. The van der Waals surface area contributed by atoms with Gasteiger partial charge in [-0.25, -0.2) is 9.37 Å². The maximum absolute atomic E-state index is 14.0. The summed E-state index contributed by atoms with van der Waals surface area (Å²) in [6.07, 6.45) is 2.90. The van der Waals surface area contributed by atoms with E-state index in [4.69, 9.17) is 4.42 Å². The van der Waals surface area contributed by atoms with E-state index in [9.17, 15) is 9.18 Å². The molecule has 6 heteroatoms. The Bertz CT molecular complexity index is 555. The van der Waals surface area contributed by atoms with Gasteiger partial charge in [-0.2, -0.15) is 0 Å². The molecule has 0 aliphatic heterocycles. The van der Waals surface area contributed by atoms with Crippen LogP contribution in [0.4, 0.5) is 10.2 Å². The van der Waals surface area contributed by atoms with Crippen molar-refractivity contribution < 1.29 is 13.6 Å². The standard InChI is InChI=1S/C13H14FN3O2/c1-2-15-12-11(14)10(5-6-16-12)13(18)17-8-9-4-3-7-19-9/h3-7H,2,8H2,1H3,(H,15,16)(H,17,18). The number of nitrogens with one attached hydrogen (secondary N) is 2. The summed E-state index contributed by atoms with van der Waals surface area (Å²) >= 11 is 0. The third-order valence-electron chi connectivity index (χ3n) is 2.48. The molecule has 0 spiro atoms. The van der Waals surface area contributed by atoms with Crippen molar-refractivity contribution in [3.8, 4) is 0 Å². The normalized spacial score (nSPS) is 10.2. The molecule has 0 saturated carbocycles. The van der Waals surface area contributed by atoms with Crippen molar-refractivity contribution in [2.45, 2.75) is 13.5 Å². The fraction of sp³-hybridized carbons (Fsp3) is 0.231. The van der Waals surface area contributed by atoms with E-state index in [0.29, 0.717) is 12.3 Å². The van der Waals surface area contributed by atoms with Crippen LogP contribution in [0.2, 0.25) is 0 Å². The van der Waals surface area contributed by atoms with E-state index in [1.54, 1.807) is 12.1 Å². The topological polar surface area (TPSA) is 67.2 Å². The molecule has 2 aromatic heterocycles. The molecule has 2 heterocycles. The lowest BCUT2D eigenvalue weighted by Gasteiger charge is -2.08. The van der Waals surface area contributed by atoms with Crippen molar-refractivity contribution in [2.24, 2.45) is 0 Å². The summed E-state index contributed by atoms with van der Waals surface area (Å²) in [7, 11) is 0. The van der Waals surface area contributed by atoms with Gasteiger partial charge in [-0.3, -0.25) is 4.79 Å². The van der Waals surface area contributed by atoms with Crippen LogP contribution in [0.25, 0.3) is 0 Å². The highest BCUT2D eigenvalue weighted by molar-refractivity contribution is 5.95. The van der Waals surface area contributed by atoms with Gasteiger partial charge in [0, 0.05) is 12.7 Å². The van der Waals surface area contributed by atoms with Gasteiger partial charge < -0.3 is 15.1 Å². The summed E-state index contributed by atoms with van der Waals surface area (Å²) in [5.41, 5.74) is -0.0440. The highest BCUT2D eigenvalue weighted by Crippen LogP contribution is 2.14. The van der Waals surface area contributed by atoms with E-state index in [-0.39, 0.29) is 17.9 Å². The van der Waals surface area contributed by atoms with Crippen molar-refractivity contribution in [3.63, 3.8) is 0 Å². The smallest absolute Gasteiger partial charge is 0.254 e. The first kappa shape index (κ1) is 13.1. The quantitative estimate of drug-likeness (QED) is 0.867. The SMILES string of the molecule is CCNc1nccc(C(=O)NCc2ccco2)c1F. The number of carbonyl (C=O) groups is 1. The van der Waals surface area contributed by atoms with Gasteiger partial charge in [0.25, 0.3) is 5.91 Å². The van der Waals surface area contributed by atoms with Crippen LogP contribution >= 0.6 is 0 Å². The number of carbonyl (C=O) groups excluding carboxylic acids is 1. The Morgan fingerprint density at radius 2 is 2.32 bits per heavy atom. The highest BCUT2D eigenvalue weighted by Gasteiger charge is 2.15. The first-order valence-corrected chi connectivity index (χ1v) is 5.91. The molecule has 2 rings (SSSR count). The molecule has 1 amide bonds. The number of anilines is 1. The summed E-state index contributed by atoms with van der Waals surface area (Å²) < 4.78 is 19.0. The Morgan fingerprint density at radius 3 is 3.00 bits per heavy atom. The Labute approximate surface area is 109 Å². The molecule has 0 unspecified atom stereocenters. The zero-order valence-electron chi connectivity index (χ0n) is 10.4. The molecule has 0 aromatic carbocycles.